The van der Waals surface area contributed by atoms with Crippen LogP contribution in [0.5, 0.6) is 0 Å². The summed E-state index contributed by atoms with van der Waals surface area (Å²) in [6.45, 7) is 2.15. The van der Waals surface area contributed by atoms with Gasteiger partial charge in [-0.15, -0.1) is 11.3 Å². The second kappa shape index (κ2) is 5.46. The second-order valence-electron chi connectivity index (χ2n) is 5.30. The summed E-state index contributed by atoms with van der Waals surface area (Å²) in [6, 6.07) is 10.2. The number of aromatic nitrogens is 1. The topological polar surface area (TPSA) is 29.3 Å². The number of rotatable bonds is 2. The SMILES string of the molecule is Brc1cc(-c2nc3ccccc3s2)oc1N1CCCCC1. The summed E-state index contributed by atoms with van der Waals surface area (Å²) in [4.78, 5) is 6.99. The van der Waals surface area contributed by atoms with E-state index in [4.69, 9.17) is 4.42 Å². The molecule has 0 saturated carbocycles. The lowest BCUT2D eigenvalue weighted by molar-refractivity contribution is 0.505. The molecule has 1 fully saturated rings. The minimum atomic E-state index is 0.851. The number of halogens is 1. The van der Waals surface area contributed by atoms with Gasteiger partial charge in [0.15, 0.2) is 10.8 Å². The number of benzene rings is 1. The lowest BCUT2D eigenvalue weighted by Crippen LogP contribution is -2.29. The van der Waals surface area contributed by atoms with Gasteiger partial charge in [0.05, 0.1) is 14.7 Å². The lowest BCUT2D eigenvalue weighted by Gasteiger charge is -2.26. The van der Waals surface area contributed by atoms with E-state index in [9.17, 15) is 0 Å². The summed E-state index contributed by atoms with van der Waals surface area (Å²) >= 11 is 5.31. The zero-order chi connectivity index (χ0) is 14.2. The van der Waals surface area contributed by atoms with Crippen LogP contribution >= 0.6 is 27.3 Å². The fraction of sp³-hybridized carbons (Fsp3) is 0.312. The van der Waals surface area contributed by atoms with Crippen molar-refractivity contribution in [2.24, 2.45) is 0 Å². The van der Waals surface area contributed by atoms with Crippen molar-refractivity contribution in [3.8, 4) is 10.8 Å². The lowest BCUT2D eigenvalue weighted by atomic mass is 10.1. The van der Waals surface area contributed by atoms with E-state index in [-0.39, 0.29) is 0 Å². The van der Waals surface area contributed by atoms with E-state index in [1.807, 2.05) is 24.3 Å². The van der Waals surface area contributed by atoms with Gasteiger partial charge in [0.1, 0.15) is 0 Å². The molecule has 3 nitrogen and oxygen atoms in total. The van der Waals surface area contributed by atoms with E-state index >= 15 is 0 Å². The molecule has 1 aliphatic heterocycles. The minimum absolute atomic E-state index is 0.851. The van der Waals surface area contributed by atoms with Crippen LogP contribution in [0.25, 0.3) is 21.0 Å². The summed E-state index contributed by atoms with van der Waals surface area (Å²) in [7, 11) is 0. The fourth-order valence-corrected chi connectivity index (χ4v) is 4.21. The number of fused-ring (bicyclic) bond motifs is 1. The van der Waals surface area contributed by atoms with Crippen LogP contribution in [0.15, 0.2) is 39.2 Å². The monoisotopic (exact) mass is 362 g/mol. The molecule has 0 radical (unpaired) electrons. The summed E-state index contributed by atoms with van der Waals surface area (Å²) in [6.07, 6.45) is 3.80. The molecule has 0 atom stereocenters. The summed E-state index contributed by atoms with van der Waals surface area (Å²) in [5.74, 6) is 1.80. The minimum Gasteiger partial charge on any atom is -0.437 e. The van der Waals surface area contributed by atoms with Crippen LogP contribution in [0.1, 0.15) is 19.3 Å². The maximum Gasteiger partial charge on any atom is 0.210 e. The van der Waals surface area contributed by atoms with Gasteiger partial charge in [-0.1, -0.05) is 12.1 Å². The number of hydrogen-bond donors (Lipinski definition) is 0. The first-order valence-corrected chi connectivity index (χ1v) is 8.82. The molecule has 3 heterocycles. The van der Waals surface area contributed by atoms with Crippen LogP contribution in [0.2, 0.25) is 0 Å². The molecule has 0 unspecified atom stereocenters. The molecular weight excluding hydrogens is 348 g/mol. The number of piperidine rings is 1. The van der Waals surface area contributed by atoms with Gasteiger partial charge >= 0.3 is 0 Å². The average molecular weight is 363 g/mol. The maximum atomic E-state index is 6.10. The Hall–Kier alpha value is -1.33. The van der Waals surface area contributed by atoms with Crippen LogP contribution in [0.4, 0.5) is 5.88 Å². The molecule has 5 heteroatoms. The number of thiazole rings is 1. The van der Waals surface area contributed by atoms with Crippen molar-refractivity contribution in [1.29, 1.82) is 0 Å². The Morgan fingerprint density at radius 2 is 1.95 bits per heavy atom. The van der Waals surface area contributed by atoms with E-state index < -0.39 is 0 Å². The number of hydrogen-bond acceptors (Lipinski definition) is 4. The van der Waals surface area contributed by atoms with E-state index in [1.165, 1.54) is 24.0 Å². The Morgan fingerprint density at radius 3 is 2.76 bits per heavy atom. The third-order valence-corrected chi connectivity index (χ3v) is 5.44. The van der Waals surface area contributed by atoms with Crippen molar-refractivity contribution in [1.82, 2.24) is 4.98 Å². The molecule has 1 aromatic carbocycles. The number of para-hydroxylation sites is 1. The third kappa shape index (κ3) is 2.49. The van der Waals surface area contributed by atoms with Crippen LogP contribution < -0.4 is 4.90 Å². The Balaban J connectivity index is 1.72. The normalized spacial score (nSPS) is 15.8. The van der Waals surface area contributed by atoms with Crippen molar-refractivity contribution in [3.05, 3.63) is 34.8 Å². The van der Waals surface area contributed by atoms with Gasteiger partial charge in [0.2, 0.25) is 5.88 Å². The Morgan fingerprint density at radius 1 is 1.14 bits per heavy atom. The average Bonchev–Trinajstić information content (AvgIpc) is 3.11. The molecule has 0 N–H and O–H groups in total. The molecule has 1 aliphatic rings. The second-order valence-corrected chi connectivity index (χ2v) is 7.18. The van der Waals surface area contributed by atoms with Gasteiger partial charge in [0, 0.05) is 19.2 Å². The van der Waals surface area contributed by atoms with E-state index in [1.54, 1.807) is 11.3 Å². The van der Waals surface area contributed by atoms with Crippen molar-refractivity contribution < 1.29 is 4.42 Å². The van der Waals surface area contributed by atoms with Gasteiger partial charge in [-0.05, 0) is 47.3 Å². The number of furan rings is 1. The molecule has 21 heavy (non-hydrogen) atoms. The van der Waals surface area contributed by atoms with Crippen molar-refractivity contribution in [2.45, 2.75) is 19.3 Å². The Bertz CT molecular complexity index is 741. The zero-order valence-electron chi connectivity index (χ0n) is 11.5. The molecule has 108 valence electrons. The van der Waals surface area contributed by atoms with Gasteiger partial charge in [-0.2, -0.15) is 0 Å². The van der Waals surface area contributed by atoms with E-state index in [0.29, 0.717) is 0 Å². The first-order valence-electron chi connectivity index (χ1n) is 7.21. The quantitative estimate of drug-likeness (QED) is 0.618. The predicted molar refractivity (Wildman–Crippen MR) is 91.1 cm³/mol. The largest absolute Gasteiger partial charge is 0.437 e. The molecule has 0 bridgehead atoms. The first-order chi connectivity index (χ1) is 10.3. The molecule has 0 aliphatic carbocycles. The van der Waals surface area contributed by atoms with Gasteiger partial charge in [-0.25, -0.2) is 4.98 Å². The highest BCUT2D eigenvalue weighted by Gasteiger charge is 2.20. The molecule has 0 amide bonds. The van der Waals surface area contributed by atoms with Gasteiger partial charge < -0.3 is 9.32 Å². The maximum absolute atomic E-state index is 6.10. The fourth-order valence-electron chi connectivity index (χ4n) is 2.75. The third-order valence-electron chi connectivity index (χ3n) is 3.82. The van der Waals surface area contributed by atoms with Crippen LogP contribution in [0.3, 0.4) is 0 Å². The summed E-state index contributed by atoms with van der Waals surface area (Å²) < 4.78 is 8.32. The van der Waals surface area contributed by atoms with E-state index in [2.05, 4.69) is 31.9 Å². The zero-order valence-corrected chi connectivity index (χ0v) is 13.9. The van der Waals surface area contributed by atoms with Crippen LogP contribution in [0, 0.1) is 0 Å². The highest BCUT2D eigenvalue weighted by molar-refractivity contribution is 9.10. The van der Waals surface area contributed by atoms with Crippen molar-refractivity contribution in [2.75, 3.05) is 18.0 Å². The number of anilines is 1. The van der Waals surface area contributed by atoms with Gasteiger partial charge in [0.25, 0.3) is 0 Å². The number of nitrogens with zero attached hydrogens (tertiary/aromatic N) is 2. The van der Waals surface area contributed by atoms with E-state index in [0.717, 1.165) is 39.7 Å². The van der Waals surface area contributed by atoms with Crippen LogP contribution in [-0.2, 0) is 0 Å². The van der Waals surface area contributed by atoms with Crippen LogP contribution in [-0.4, -0.2) is 18.1 Å². The van der Waals surface area contributed by atoms with Gasteiger partial charge in [-0.3, -0.25) is 0 Å². The molecular formula is C16H15BrN2OS. The Labute approximate surface area is 135 Å². The predicted octanol–water partition coefficient (Wildman–Crippen LogP) is 5.31. The van der Waals surface area contributed by atoms with Crippen molar-refractivity contribution in [3.63, 3.8) is 0 Å². The Kier molecular flexibility index (Phi) is 3.47. The summed E-state index contributed by atoms with van der Waals surface area (Å²) in [5.41, 5.74) is 1.03. The molecule has 0 spiro atoms. The standard InChI is InChI=1S/C16H15BrN2OS/c17-11-10-13(20-16(11)19-8-4-1-5-9-19)15-18-12-6-2-3-7-14(12)21-15/h2-3,6-7,10H,1,4-5,8-9H2. The molecule has 4 rings (SSSR count). The van der Waals surface area contributed by atoms with Crippen molar-refractivity contribution >= 4 is 43.4 Å². The highest BCUT2D eigenvalue weighted by atomic mass is 79.9. The molecule has 1 saturated heterocycles. The molecule has 3 aromatic rings. The molecule has 2 aromatic heterocycles. The smallest absolute Gasteiger partial charge is 0.210 e. The first kappa shape index (κ1) is 13.3. The highest BCUT2D eigenvalue weighted by Crippen LogP contribution is 2.38. The summed E-state index contributed by atoms with van der Waals surface area (Å²) in [5, 5.41) is 0.945.